The van der Waals surface area contributed by atoms with Crippen LogP contribution in [0.25, 0.3) is 0 Å². The summed E-state index contributed by atoms with van der Waals surface area (Å²) in [7, 11) is 0. The second-order valence-corrected chi connectivity index (χ2v) is 5.00. The molecule has 3 atom stereocenters. The summed E-state index contributed by atoms with van der Waals surface area (Å²) in [5.74, 6) is 0.880. The Morgan fingerprint density at radius 2 is 1.93 bits per heavy atom. The molecular weight excluding hydrogens is 174 g/mol. The average Bonchev–Trinajstić information content (AvgIpc) is 2.19. The number of ether oxygens (including phenoxy) is 1. The highest BCUT2D eigenvalue weighted by molar-refractivity contribution is 4.75. The first-order valence-electron chi connectivity index (χ1n) is 6.21. The molecule has 0 radical (unpaired) electrons. The lowest BCUT2D eigenvalue weighted by atomic mass is 9.88. The van der Waals surface area contributed by atoms with Gasteiger partial charge in [0, 0.05) is 6.54 Å². The number of hydrogen-bond donors (Lipinski definition) is 1. The van der Waals surface area contributed by atoms with Crippen LogP contribution in [-0.4, -0.2) is 25.3 Å². The van der Waals surface area contributed by atoms with E-state index in [0.29, 0.717) is 12.2 Å². The van der Waals surface area contributed by atoms with Crippen LogP contribution in [0.1, 0.15) is 45.4 Å². The molecule has 2 aliphatic rings. The molecule has 0 amide bonds. The van der Waals surface area contributed by atoms with E-state index in [9.17, 15) is 0 Å². The van der Waals surface area contributed by atoms with Crippen LogP contribution >= 0.6 is 0 Å². The van der Waals surface area contributed by atoms with Gasteiger partial charge in [0.2, 0.25) is 0 Å². The molecule has 2 rings (SSSR count). The van der Waals surface area contributed by atoms with Crippen molar-refractivity contribution in [3.63, 3.8) is 0 Å². The molecule has 0 spiro atoms. The molecule has 2 heteroatoms. The van der Waals surface area contributed by atoms with Gasteiger partial charge in [0.1, 0.15) is 0 Å². The maximum Gasteiger partial charge on any atom is 0.0703 e. The highest BCUT2D eigenvalue weighted by Gasteiger charge is 2.23. The Hall–Kier alpha value is -0.0800. The van der Waals surface area contributed by atoms with Crippen LogP contribution in [0.15, 0.2) is 0 Å². The van der Waals surface area contributed by atoms with Crippen molar-refractivity contribution in [3.8, 4) is 0 Å². The van der Waals surface area contributed by atoms with Crippen LogP contribution in [0.4, 0.5) is 0 Å². The Labute approximate surface area is 87.4 Å². The van der Waals surface area contributed by atoms with Gasteiger partial charge in [0.05, 0.1) is 12.2 Å². The van der Waals surface area contributed by atoms with Crippen LogP contribution in [0.3, 0.4) is 0 Å². The van der Waals surface area contributed by atoms with E-state index in [2.05, 4.69) is 12.2 Å². The fraction of sp³-hybridized carbons (Fsp3) is 1.00. The number of rotatable bonds is 2. The van der Waals surface area contributed by atoms with Crippen LogP contribution in [0.2, 0.25) is 0 Å². The summed E-state index contributed by atoms with van der Waals surface area (Å²) in [4.78, 5) is 0. The van der Waals surface area contributed by atoms with Crippen LogP contribution < -0.4 is 5.32 Å². The molecule has 82 valence electrons. The molecular formula is C12H23NO. The van der Waals surface area contributed by atoms with E-state index >= 15 is 0 Å². The van der Waals surface area contributed by atoms with Gasteiger partial charge in [-0.2, -0.15) is 0 Å². The Morgan fingerprint density at radius 3 is 2.64 bits per heavy atom. The largest absolute Gasteiger partial charge is 0.374 e. The van der Waals surface area contributed by atoms with Gasteiger partial charge >= 0.3 is 0 Å². The van der Waals surface area contributed by atoms with Crippen LogP contribution in [-0.2, 0) is 4.74 Å². The van der Waals surface area contributed by atoms with Crippen molar-refractivity contribution in [3.05, 3.63) is 0 Å². The van der Waals surface area contributed by atoms with E-state index in [0.717, 1.165) is 12.5 Å². The molecule has 2 unspecified atom stereocenters. The molecule has 0 aromatic carbocycles. The van der Waals surface area contributed by atoms with Gasteiger partial charge < -0.3 is 10.1 Å². The lowest BCUT2D eigenvalue weighted by Crippen LogP contribution is -2.38. The fourth-order valence-corrected chi connectivity index (χ4v) is 2.71. The van der Waals surface area contributed by atoms with Gasteiger partial charge in [-0.15, -0.1) is 0 Å². The summed E-state index contributed by atoms with van der Waals surface area (Å²) < 4.78 is 6.14. The van der Waals surface area contributed by atoms with Crippen LogP contribution in [0.5, 0.6) is 0 Å². The topological polar surface area (TPSA) is 21.3 Å². The van der Waals surface area contributed by atoms with Crippen molar-refractivity contribution in [1.82, 2.24) is 5.32 Å². The zero-order valence-corrected chi connectivity index (χ0v) is 9.30. The highest BCUT2D eigenvalue weighted by atomic mass is 16.5. The Balaban J connectivity index is 1.72. The molecule has 0 aromatic rings. The smallest absolute Gasteiger partial charge is 0.0703 e. The summed E-state index contributed by atoms with van der Waals surface area (Å²) in [6.07, 6.45) is 8.96. The third-order valence-corrected chi connectivity index (χ3v) is 3.52. The SMILES string of the molecule is CC1CCCC(O[C@H]2CCCNC2)C1. The van der Waals surface area contributed by atoms with E-state index in [1.807, 2.05) is 0 Å². The minimum absolute atomic E-state index is 0.499. The second kappa shape index (κ2) is 5.13. The zero-order chi connectivity index (χ0) is 9.80. The van der Waals surface area contributed by atoms with Crippen LogP contribution in [0, 0.1) is 5.92 Å². The number of hydrogen-bond acceptors (Lipinski definition) is 2. The Kier molecular flexibility index (Phi) is 3.82. The molecule has 1 saturated carbocycles. The molecule has 2 nitrogen and oxygen atoms in total. The van der Waals surface area contributed by atoms with Crippen molar-refractivity contribution < 1.29 is 4.74 Å². The molecule has 1 saturated heterocycles. The normalized spacial score (nSPS) is 39.6. The van der Waals surface area contributed by atoms with Crippen molar-refractivity contribution in [1.29, 1.82) is 0 Å². The van der Waals surface area contributed by atoms with Crippen molar-refractivity contribution >= 4 is 0 Å². The predicted molar refractivity (Wildman–Crippen MR) is 58.4 cm³/mol. The fourth-order valence-electron chi connectivity index (χ4n) is 2.71. The molecule has 2 fully saturated rings. The van der Waals surface area contributed by atoms with E-state index < -0.39 is 0 Å². The minimum atomic E-state index is 0.499. The summed E-state index contributed by atoms with van der Waals surface area (Å²) in [6, 6.07) is 0. The van der Waals surface area contributed by atoms with E-state index in [1.54, 1.807) is 0 Å². The molecule has 1 heterocycles. The lowest BCUT2D eigenvalue weighted by Gasteiger charge is -2.32. The average molecular weight is 197 g/mol. The summed E-state index contributed by atoms with van der Waals surface area (Å²) in [5.41, 5.74) is 0. The first-order chi connectivity index (χ1) is 6.84. The first-order valence-corrected chi connectivity index (χ1v) is 6.21. The maximum atomic E-state index is 6.14. The minimum Gasteiger partial charge on any atom is -0.374 e. The summed E-state index contributed by atoms with van der Waals surface area (Å²) >= 11 is 0. The summed E-state index contributed by atoms with van der Waals surface area (Å²) in [6.45, 7) is 4.61. The standard InChI is InChI=1S/C12H23NO/c1-10-4-2-5-11(8-10)14-12-6-3-7-13-9-12/h10-13H,2-9H2,1H3/t10?,11?,12-/m0/s1. The van der Waals surface area contributed by atoms with Gasteiger partial charge in [-0.1, -0.05) is 19.8 Å². The molecule has 1 aliphatic carbocycles. The monoisotopic (exact) mass is 197 g/mol. The second-order valence-electron chi connectivity index (χ2n) is 5.00. The first kappa shape index (κ1) is 10.4. The molecule has 1 aliphatic heterocycles. The quantitative estimate of drug-likeness (QED) is 0.733. The molecule has 0 bridgehead atoms. The van der Waals surface area contributed by atoms with Crippen molar-refractivity contribution in [2.24, 2.45) is 5.92 Å². The number of nitrogens with one attached hydrogen (secondary N) is 1. The summed E-state index contributed by atoms with van der Waals surface area (Å²) in [5, 5.41) is 3.41. The highest BCUT2D eigenvalue weighted by Crippen LogP contribution is 2.27. The zero-order valence-electron chi connectivity index (χ0n) is 9.30. The molecule has 14 heavy (non-hydrogen) atoms. The van der Waals surface area contributed by atoms with Crippen molar-refractivity contribution in [2.75, 3.05) is 13.1 Å². The van der Waals surface area contributed by atoms with Gasteiger partial charge in [-0.05, 0) is 38.1 Å². The third-order valence-electron chi connectivity index (χ3n) is 3.52. The van der Waals surface area contributed by atoms with Gasteiger partial charge in [-0.25, -0.2) is 0 Å². The predicted octanol–water partition coefficient (Wildman–Crippen LogP) is 2.33. The van der Waals surface area contributed by atoms with Gasteiger partial charge in [-0.3, -0.25) is 0 Å². The van der Waals surface area contributed by atoms with Crippen molar-refractivity contribution in [2.45, 2.75) is 57.7 Å². The van der Waals surface area contributed by atoms with Gasteiger partial charge in [0.15, 0.2) is 0 Å². The third kappa shape index (κ3) is 2.96. The lowest BCUT2D eigenvalue weighted by molar-refractivity contribution is -0.0469. The number of piperidine rings is 1. The maximum absolute atomic E-state index is 6.14. The molecule has 0 aromatic heterocycles. The Bertz CT molecular complexity index is 166. The Morgan fingerprint density at radius 1 is 1.07 bits per heavy atom. The van der Waals surface area contributed by atoms with Gasteiger partial charge in [0.25, 0.3) is 0 Å². The molecule has 1 N–H and O–H groups in total. The van der Waals surface area contributed by atoms with E-state index in [1.165, 1.54) is 45.1 Å². The van der Waals surface area contributed by atoms with E-state index in [-0.39, 0.29) is 0 Å². The van der Waals surface area contributed by atoms with E-state index in [4.69, 9.17) is 4.74 Å².